The molecule has 1 aromatic carbocycles. The minimum absolute atomic E-state index is 0.426. The molecule has 0 saturated heterocycles. The lowest BCUT2D eigenvalue weighted by atomic mass is 10.2. The number of anilines is 2. The Morgan fingerprint density at radius 2 is 2.00 bits per heavy atom. The molecule has 0 amide bonds. The summed E-state index contributed by atoms with van der Waals surface area (Å²) in [6.45, 7) is 2.09. The smallest absolute Gasteiger partial charge is 0.228 e. The van der Waals surface area contributed by atoms with Crippen LogP contribution in [0.3, 0.4) is 0 Å². The Kier molecular flexibility index (Phi) is 4.32. The number of nitrogens with one attached hydrogen (secondary N) is 1. The van der Waals surface area contributed by atoms with E-state index in [2.05, 4.69) is 28.3 Å². The van der Waals surface area contributed by atoms with Gasteiger partial charge in [0, 0.05) is 11.4 Å². The quantitative estimate of drug-likeness (QED) is 0.862. The summed E-state index contributed by atoms with van der Waals surface area (Å²) in [5, 5.41) is 12.2. The van der Waals surface area contributed by atoms with Gasteiger partial charge in [0.05, 0.1) is 11.6 Å². The van der Waals surface area contributed by atoms with E-state index >= 15 is 0 Å². The third kappa shape index (κ3) is 3.67. The molecule has 2 aromatic rings. The first-order valence-electron chi connectivity index (χ1n) is 6.02. The van der Waals surface area contributed by atoms with Crippen molar-refractivity contribution >= 4 is 23.2 Å². The lowest BCUT2D eigenvalue weighted by Gasteiger charge is -2.07. The average molecular weight is 273 g/mol. The number of aromatic nitrogens is 2. The molecule has 19 heavy (non-hydrogen) atoms. The summed E-state index contributed by atoms with van der Waals surface area (Å²) in [4.78, 5) is 8.52. The van der Waals surface area contributed by atoms with Crippen molar-refractivity contribution in [2.24, 2.45) is 0 Å². The van der Waals surface area contributed by atoms with Crippen molar-refractivity contribution in [2.75, 3.05) is 5.32 Å². The molecule has 0 spiro atoms. The summed E-state index contributed by atoms with van der Waals surface area (Å²) in [6, 6.07) is 10.9. The molecule has 1 aromatic heterocycles. The van der Waals surface area contributed by atoms with Crippen LogP contribution in [0.25, 0.3) is 0 Å². The van der Waals surface area contributed by atoms with Crippen molar-refractivity contribution in [3.8, 4) is 6.07 Å². The van der Waals surface area contributed by atoms with E-state index in [0.29, 0.717) is 16.7 Å². The van der Waals surface area contributed by atoms with E-state index in [4.69, 9.17) is 16.9 Å². The summed E-state index contributed by atoms with van der Waals surface area (Å²) in [7, 11) is 0. The number of nitrogens with zero attached hydrogens (tertiary/aromatic N) is 3. The molecule has 0 aliphatic carbocycles. The zero-order valence-electron chi connectivity index (χ0n) is 10.5. The minimum Gasteiger partial charge on any atom is -0.324 e. The van der Waals surface area contributed by atoms with Crippen LogP contribution in [0.15, 0.2) is 30.3 Å². The Bertz CT molecular complexity index is 602. The summed E-state index contributed by atoms with van der Waals surface area (Å²) >= 11 is 5.97. The van der Waals surface area contributed by atoms with E-state index in [-0.39, 0.29) is 0 Å². The predicted molar refractivity (Wildman–Crippen MR) is 75.5 cm³/mol. The Morgan fingerprint density at radius 1 is 1.26 bits per heavy atom. The maximum atomic E-state index is 8.74. The third-order valence-electron chi connectivity index (χ3n) is 2.52. The van der Waals surface area contributed by atoms with Crippen LogP contribution in [-0.2, 0) is 6.42 Å². The number of nitriles is 1. The SMILES string of the molecule is CCCc1cc(Cl)nc(Nc2ccc(C#N)cc2)n1. The normalized spacial score (nSPS) is 9.95. The van der Waals surface area contributed by atoms with Gasteiger partial charge in [-0.05, 0) is 36.8 Å². The van der Waals surface area contributed by atoms with Crippen LogP contribution < -0.4 is 5.32 Å². The fourth-order valence-corrected chi connectivity index (χ4v) is 1.87. The van der Waals surface area contributed by atoms with Crippen molar-refractivity contribution in [1.82, 2.24) is 9.97 Å². The zero-order valence-corrected chi connectivity index (χ0v) is 11.3. The number of halogens is 1. The molecule has 0 fully saturated rings. The van der Waals surface area contributed by atoms with Crippen LogP contribution in [0.5, 0.6) is 0 Å². The van der Waals surface area contributed by atoms with Gasteiger partial charge in [-0.3, -0.25) is 0 Å². The predicted octanol–water partition coefficient (Wildman–Crippen LogP) is 3.70. The Hall–Kier alpha value is -2.12. The van der Waals surface area contributed by atoms with Gasteiger partial charge < -0.3 is 5.32 Å². The number of benzene rings is 1. The first-order chi connectivity index (χ1) is 9.21. The monoisotopic (exact) mass is 272 g/mol. The Balaban J connectivity index is 2.20. The van der Waals surface area contributed by atoms with Gasteiger partial charge in [-0.2, -0.15) is 5.26 Å². The highest BCUT2D eigenvalue weighted by molar-refractivity contribution is 6.29. The topological polar surface area (TPSA) is 61.6 Å². The van der Waals surface area contributed by atoms with E-state index in [1.807, 2.05) is 12.1 Å². The van der Waals surface area contributed by atoms with Crippen LogP contribution in [0.4, 0.5) is 11.6 Å². The van der Waals surface area contributed by atoms with E-state index < -0.39 is 0 Å². The maximum absolute atomic E-state index is 8.74. The molecule has 0 aliphatic heterocycles. The highest BCUT2D eigenvalue weighted by Crippen LogP contribution is 2.17. The third-order valence-corrected chi connectivity index (χ3v) is 2.72. The summed E-state index contributed by atoms with van der Waals surface area (Å²) < 4.78 is 0. The second-order valence-corrected chi connectivity index (χ2v) is 4.46. The van der Waals surface area contributed by atoms with Crippen molar-refractivity contribution in [3.05, 3.63) is 46.7 Å². The molecule has 0 aliphatic rings. The molecule has 0 saturated carbocycles. The minimum atomic E-state index is 0.426. The summed E-state index contributed by atoms with van der Waals surface area (Å²) in [6.07, 6.45) is 1.87. The highest BCUT2D eigenvalue weighted by Gasteiger charge is 2.03. The Labute approximate surface area is 117 Å². The van der Waals surface area contributed by atoms with Crippen molar-refractivity contribution < 1.29 is 0 Å². The van der Waals surface area contributed by atoms with E-state index in [1.54, 1.807) is 18.2 Å². The molecular formula is C14H13ClN4. The number of hydrogen-bond donors (Lipinski definition) is 1. The van der Waals surface area contributed by atoms with Gasteiger partial charge in [-0.1, -0.05) is 24.9 Å². The number of aryl methyl sites for hydroxylation is 1. The summed E-state index contributed by atoms with van der Waals surface area (Å²) in [5.74, 6) is 0.473. The fourth-order valence-electron chi connectivity index (χ4n) is 1.66. The molecule has 4 nitrogen and oxygen atoms in total. The highest BCUT2D eigenvalue weighted by atomic mass is 35.5. The lowest BCUT2D eigenvalue weighted by Crippen LogP contribution is -2.00. The molecule has 0 atom stereocenters. The second-order valence-electron chi connectivity index (χ2n) is 4.07. The van der Waals surface area contributed by atoms with Crippen LogP contribution in [0.1, 0.15) is 24.6 Å². The van der Waals surface area contributed by atoms with Crippen LogP contribution in [0.2, 0.25) is 5.15 Å². The van der Waals surface area contributed by atoms with Crippen molar-refractivity contribution in [3.63, 3.8) is 0 Å². The van der Waals surface area contributed by atoms with Crippen LogP contribution >= 0.6 is 11.6 Å². The first kappa shape index (κ1) is 13.3. The molecule has 5 heteroatoms. The largest absolute Gasteiger partial charge is 0.324 e. The number of hydrogen-bond acceptors (Lipinski definition) is 4. The molecule has 2 rings (SSSR count). The fraction of sp³-hybridized carbons (Fsp3) is 0.214. The van der Waals surface area contributed by atoms with E-state index in [9.17, 15) is 0 Å². The molecule has 96 valence electrons. The van der Waals surface area contributed by atoms with Gasteiger partial charge >= 0.3 is 0 Å². The molecule has 0 radical (unpaired) electrons. The Morgan fingerprint density at radius 3 is 2.63 bits per heavy atom. The zero-order chi connectivity index (χ0) is 13.7. The van der Waals surface area contributed by atoms with Gasteiger partial charge in [-0.15, -0.1) is 0 Å². The lowest BCUT2D eigenvalue weighted by molar-refractivity contribution is 0.875. The van der Waals surface area contributed by atoms with Crippen molar-refractivity contribution in [2.45, 2.75) is 19.8 Å². The van der Waals surface area contributed by atoms with Gasteiger partial charge in [0.1, 0.15) is 5.15 Å². The van der Waals surface area contributed by atoms with Gasteiger partial charge in [0.2, 0.25) is 5.95 Å². The molecule has 1 N–H and O–H groups in total. The molecule has 0 bridgehead atoms. The summed E-state index contributed by atoms with van der Waals surface area (Å²) in [5.41, 5.74) is 2.35. The van der Waals surface area contributed by atoms with E-state index in [1.165, 1.54) is 0 Å². The number of rotatable bonds is 4. The second kappa shape index (κ2) is 6.17. The van der Waals surface area contributed by atoms with Gasteiger partial charge in [0.25, 0.3) is 0 Å². The van der Waals surface area contributed by atoms with E-state index in [0.717, 1.165) is 24.2 Å². The van der Waals surface area contributed by atoms with Crippen LogP contribution in [0, 0.1) is 11.3 Å². The maximum Gasteiger partial charge on any atom is 0.228 e. The standard InChI is InChI=1S/C14H13ClN4/c1-2-3-12-8-13(15)19-14(18-12)17-11-6-4-10(9-16)5-7-11/h4-8H,2-3H2,1H3,(H,17,18,19). The van der Waals surface area contributed by atoms with Crippen molar-refractivity contribution in [1.29, 1.82) is 5.26 Å². The van der Waals surface area contributed by atoms with Gasteiger partial charge in [-0.25, -0.2) is 9.97 Å². The molecule has 1 heterocycles. The molecule has 0 unspecified atom stereocenters. The van der Waals surface area contributed by atoms with Crippen LogP contribution in [-0.4, -0.2) is 9.97 Å². The van der Waals surface area contributed by atoms with Gasteiger partial charge in [0.15, 0.2) is 0 Å². The average Bonchev–Trinajstić information content (AvgIpc) is 2.39. The molecular weight excluding hydrogens is 260 g/mol. The first-order valence-corrected chi connectivity index (χ1v) is 6.39.